The van der Waals surface area contributed by atoms with E-state index in [1.54, 1.807) is 36.2 Å². The normalized spacial score (nSPS) is 15.2. The second-order valence-electron chi connectivity index (χ2n) is 8.75. The highest BCUT2D eigenvalue weighted by Gasteiger charge is 2.29. The van der Waals surface area contributed by atoms with E-state index in [0.29, 0.717) is 24.3 Å². The fraction of sp³-hybridized carbons (Fsp3) is 0.478. The number of aromatic nitrogens is 1. The van der Waals surface area contributed by atoms with Crippen molar-refractivity contribution in [1.82, 2.24) is 14.4 Å². The van der Waals surface area contributed by atoms with E-state index in [9.17, 15) is 14.0 Å². The lowest BCUT2D eigenvalue weighted by Gasteiger charge is -2.34. The Kier molecular flexibility index (Phi) is 6.48. The first-order valence-electron chi connectivity index (χ1n) is 10.3. The van der Waals surface area contributed by atoms with Gasteiger partial charge in [-0.2, -0.15) is 0 Å². The number of ether oxygens (including phenoxy) is 1. The van der Waals surface area contributed by atoms with Gasteiger partial charge in [-0.15, -0.1) is 0 Å². The molecule has 0 radical (unpaired) electrons. The molecule has 1 fully saturated rings. The molecule has 0 atom stereocenters. The Morgan fingerprint density at radius 2 is 1.80 bits per heavy atom. The van der Waals surface area contributed by atoms with Crippen LogP contribution < -0.4 is 0 Å². The number of rotatable bonds is 4. The number of benzene rings is 1. The predicted molar refractivity (Wildman–Crippen MR) is 113 cm³/mol. The smallest absolute Gasteiger partial charge is 0.410 e. The topological polar surface area (TPSA) is 54.8 Å². The maximum atomic E-state index is 13.9. The molecular weight excluding hydrogens is 385 g/mol. The van der Waals surface area contributed by atoms with Crippen molar-refractivity contribution < 1.29 is 18.7 Å². The molecule has 1 aromatic heterocycles. The Morgan fingerprint density at radius 3 is 2.43 bits per heavy atom. The maximum Gasteiger partial charge on any atom is 0.410 e. The zero-order valence-electron chi connectivity index (χ0n) is 18.1. The molecule has 1 aliphatic heterocycles. The second kappa shape index (κ2) is 8.90. The summed E-state index contributed by atoms with van der Waals surface area (Å²) in [5, 5.41) is 0. The van der Waals surface area contributed by atoms with Crippen molar-refractivity contribution in [2.75, 3.05) is 20.1 Å². The third-order valence-electron chi connectivity index (χ3n) is 5.22. The van der Waals surface area contributed by atoms with Gasteiger partial charge in [-0.05, 0) is 51.8 Å². The van der Waals surface area contributed by atoms with Gasteiger partial charge in [0.25, 0.3) is 5.91 Å². The molecule has 0 N–H and O–H groups in total. The highest BCUT2D eigenvalue weighted by Crippen LogP contribution is 2.26. The number of carbonyl (C=O) groups excluding carboxylic acids is 2. The van der Waals surface area contributed by atoms with Crippen molar-refractivity contribution in [3.8, 4) is 0 Å². The van der Waals surface area contributed by atoms with E-state index in [1.165, 1.54) is 11.0 Å². The summed E-state index contributed by atoms with van der Waals surface area (Å²) in [4.78, 5) is 28.5. The van der Waals surface area contributed by atoms with Crippen molar-refractivity contribution in [2.45, 2.75) is 51.8 Å². The van der Waals surface area contributed by atoms with Gasteiger partial charge in [0.1, 0.15) is 17.1 Å². The van der Waals surface area contributed by atoms with Gasteiger partial charge >= 0.3 is 6.09 Å². The Labute approximate surface area is 177 Å². The van der Waals surface area contributed by atoms with Crippen LogP contribution in [0.2, 0.25) is 0 Å². The zero-order valence-corrected chi connectivity index (χ0v) is 18.1. The molecule has 30 heavy (non-hydrogen) atoms. The number of likely N-dealkylation sites (tertiary alicyclic amines) is 1. The number of hydrogen-bond donors (Lipinski definition) is 0. The van der Waals surface area contributed by atoms with E-state index in [2.05, 4.69) is 0 Å². The molecule has 3 rings (SSSR count). The van der Waals surface area contributed by atoms with Gasteiger partial charge in [-0.3, -0.25) is 4.79 Å². The quantitative estimate of drug-likeness (QED) is 0.740. The number of halogens is 1. The number of amides is 2. The first kappa shape index (κ1) is 21.9. The lowest BCUT2D eigenvalue weighted by molar-refractivity contribution is 0.0186. The van der Waals surface area contributed by atoms with Crippen LogP contribution in [0.1, 0.15) is 55.7 Å². The number of hydrogen-bond acceptors (Lipinski definition) is 3. The molecule has 1 aliphatic rings. The first-order chi connectivity index (χ1) is 14.2. The zero-order chi connectivity index (χ0) is 21.9. The summed E-state index contributed by atoms with van der Waals surface area (Å²) in [6.45, 7) is 6.92. The van der Waals surface area contributed by atoms with E-state index in [0.717, 1.165) is 12.8 Å². The Morgan fingerprint density at radius 1 is 1.13 bits per heavy atom. The molecule has 2 amide bonds. The monoisotopic (exact) mass is 415 g/mol. The lowest BCUT2D eigenvalue weighted by Crippen LogP contribution is -2.42. The van der Waals surface area contributed by atoms with Gasteiger partial charge in [0.05, 0.1) is 0 Å². The average molecular weight is 416 g/mol. The number of nitrogens with zero attached hydrogens (tertiary/aromatic N) is 3. The molecule has 2 heterocycles. The summed E-state index contributed by atoms with van der Waals surface area (Å²) in [5.41, 5.74) is 0.540. The van der Waals surface area contributed by atoms with Crippen LogP contribution in [0.5, 0.6) is 0 Å². The molecule has 6 nitrogen and oxygen atoms in total. The summed E-state index contributed by atoms with van der Waals surface area (Å²) >= 11 is 0. The van der Waals surface area contributed by atoms with Crippen molar-refractivity contribution in [1.29, 1.82) is 0 Å². The minimum absolute atomic E-state index is 0.125. The first-order valence-corrected chi connectivity index (χ1v) is 10.3. The molecule has 0 unspecified atom stereocenters. The van der Waals surface area contributed by atoms with Crippen LogP contribution in [0.15, 0.2) is 42.6 Å². The standard InChI is InChI=1S/C23H30FN3O3/c1-23(2,3)30-22(29)26-14-11-18(12-15-26)27-13-7-10-20(27)21(28)25(4)16-17-8-5-6-9-19(17)24/h5-10,13,18H,11-12,14-16H2,1-4H3. The Hall–Kier alpha value is -2.83. The second-order valence-corrected chi connectivity index (χ2v) is 8.75. The van der Waals surface area contributed by atoms with Crippen LogP contribution in [0.25, 0.3) is 0 Å². The highest BCUT2D eigenvalue weighted by atomic mass is 19.1. The minimum Gasteiger partial charge on any atom is -0.444 e. The molecular formula is C23H30FN3O3. The molecule has 0 saturated carbocycles. The molecule has 0 bridgehead atoms. The Balaban J connectivity index is 1.64. The van der Waals surface area contributed by atoms with Crippen molar-refractivity contribution in [3.05, 3.63) is 59.7 Å². The van der Waals surface area contributed by atoms with E-state index in [1.807, 2.05) is 37.6 Å². The van der Waals surface area contributed by atoms with Gasteiger partial charge in [0.2, 0.25) is 0 Å². The fourth-order valence-electron chi connectivity index (χ4n) is 3.70. The molecule has 0 aliphatic carbocycles. The largest absolute Gasteiger partial charge is 0.444 e. The summed E-state index contributed by atoms with van der Waals surface area (Å²) < 4.78 is 21.4. The summed E-state index contributed by atoms with van der Waals surface area (Å²) in [6.07, 6.45) is 3.09. The summed E-state index contributed by atoms with van der Waals surface area (Å²) in [6, 6.07) is 10.2. The van der Waals surface area contributed by atoms with Gasteiger partial charge in [-0.1, -0.05) is 18.2 Å². The predicted octanol–water partition coefficient (Wildman–Crippen LogP) is 4.47. The van der Waals surface area contributed by atoms with Crippen molar-refractivity contribution >= 4 is 12.0 Å². The van der Waals surface area contributed by atoms with E-state index < -0.39 is 5.60 Å². The van der Waals surface area contributed by atoms with E-state index in [4.69, 9.17) is 4.74 Å². The van der Waals surface area contributed by atoms with Crippen LogP contribution in [-0.2, 0) is 11.3 Å². The summed E-state index contributed by atoms with van der Waals surface area (Å²) in [7, 11) is 1.68. The maximum absolute atomic E-state index is 13.9. The van der Waals surface area contributed by atoms with Crippen LogP contribution in [-0.4, -0.2) is 52.1 Å². The fourth-order valence-corrected chi connectivity index (χ4v) is 3.70. The van der Waals surface area contributed by atoms with Gasteiger partial charge in [-0.25, -0.2) is 9.18 Å². The summed E-state index contributed by atoms with van der Waals surface area (Å²) in [5.74, 6) is -0.472. The number of piperidine rings is 1. The minimum atomic E-state index is -0.517. The molecule has 0 spiro atoms. The van der Waals surface area contributed by atoms with E-state index in [-0.39, 0.29) is 30.4 Å². The lowest BCUT2D eigenvalue weighted by atomic mass is 10.0. The molecule has 1 aromatic carbocycles. The SMILES string of the molecule is CN(Cc1ccccc1F)C(=O)c1cccn1C1CCN(C(=O)OC(C)(C)C)CC1. The molecule has 1 saturated heterocycles. The molecule has 7 heteroatoms. The molecule has 162 valence electrons. The van der Waals surface area contributed by atoms with Crippen LogP contribution in [0.3, 0.4) is 0 Å². The third kappa shape index (κ3) is 5.20. The van der Waals surface area contributed by atoms with Crippen molar-refractivity contribution in [2.24, 2.45) is 0 Å². The Bertz CT molecular complexity index is 895. The van der Waals surface area contributed by atoms with E-state index >= 15 is 0 Å². The highest BCUT2D eigenvalue weighted by molar-refractivity contribution is 5.92. The van der Waals surface area contributed by atoms with Crippen LogP contribution in [0, 0.1) is 5.82 Å². The van der Waals surface area contributed by atoms with Crippen LogP contribution in [0.4, 0.5) is 9.18 Å². The number of carbonyl (C=O) groups is 2. The van der Waals surface area contributed by atoms with Gasteiger partial charge in [0, 0.05) is 44.5 Å². The molecule has 2 aromatic rings. The third-order valence-corrected chi connectivity index (χ3v) is 5.22. The van der Waals surface area contributed by atoms with Gasteiger partial charge < -0.3 is 19.1 Å². The van der Waals surface area contributed by atoms with Crippen molar-refractivity contribution in [3.63, 3.8) is 0 Å². The van der Waals surface area contributed by atoms with Crippen LogP contribution >= 0.6 is 0 Å². The average Bonchev–Trinajstić information content (AvgIpc) is 3.17. The van der Waals surface area contributed by atoms with Gasteiger partial charge in [0.15, 0.2) is 0 Å².